The quantitative estimate of drug-likeness (QED) is 0.693. The van der Waals surface area contributed by atoms with E-state index < -0.39 is 23.3 Å². The van der Waals surface area contributed by atoms with Gasteiger partial charge in [0, 0.05) is 16.9 Å². The normalized spacial score (nSPS) is 42.1. The number of aliphatic hydroxyl groups is 1. The van der Waals surface area contributed by atoms with E-state index in [1.807, 2.05) is 6.92 Å². The average molecular weight is 390 g/mol. The summed E-state index contributed by atoms with van der Waals surface area (Å²) in [5.41, 5.74) is -2.45. The first-order chi connectivity index (χ1) is 13.0. The fraction of sp³-hybridized carbons (Fsp3) is 0.667. The SMILES string of the molecule is CC(O)(C(=O)O)[C@H]1CC[C@]2(C)[C@H]3CC4=C(O[C@]3(C)CC[C@H]2O1)C(=O)C=CC4=O. The van der Waals surface area contributed by atoms with Crippen LogP contribution in [0.5, 0.6) is 0 Å². The number of hydrogen-bond acceptors (Lipinski definition) is 6. The third-order valence-corrected chi connectivity index (χ3v) is 7.43. The van der Waals surface area contributed by atoms with Crippen molar-refractivity contribution in [1.82, 2.24) is 0 Å². The molecule has 0 aromatic heterocycles. The van der Waals surface area contributed by atoms with Crippen LogP contribution in [0, 0.1) is 11.3 Å². The predicted octanol–water partition coefficient (Wildman–Crippen LogP) is 1.93. The summed E-state index contributed by atoms with van der Waals surface area (Å²) in [4.78, 5) is 36.0. The van der Waals surface area contributed by atoms with Gasteiger partial charge in [-0.05, 0) is 58.1 Å². The lowest BCUT2D eigenvalue weighted by molar-refractivity contribution is -0.249. The van der Waals surface area contributed by atoms with Crippen molar-refractivity contribution in [3.05, 3.63) is 23.5 Å². The molecule has 0 aromatic carbocycles. The number of rotatable bonds is 2. The van der Waals surface area contributed by atoms with E-state index in [0.29, 0.717) is 37.7 Å². The summed E-state index contributed by atoms with van der Waals surface area (Å²) < 4.78 is 12.3. The summed E-state index contributed by atoms with van der Waals surface area (Å²) in [6.45, 7) is 5.35. The van der Waals surface area contributed by atoms with Crippen molar-refractivity contribution in [3.63, 3.8) is 0 Å². The van der Waals surface area contributed by atoms with E-state index in [-0.39, 0.29) is 34.8 Å². The Morgan fingerprint density at radius 2 is 1.86 bits per heavy atom. The minimum Gasteiger partial charge on any atom is -0.483 e. The van der Waals surface area contributed by atoms with E-state index in [1.54, 1.807) is 0 Å². The van der Waals surface area contributed by atoms with Gasteiger partial charge in [-0.1, -0.05) is 6.92 Å². The molecule has 28 heavy (non-hydrogen) atoms. The number of allylic oxidation sites excluding steroid dienone is 3. The second-order valence-electron chi connectivity index (χ2n) is 9.19. The predicted molar refractivity (Wildman–Crippen MR) is 97.3 cm³/mol. The fourth-order valence-corrected chi connectivity index (χ4v) is 5.56. The van der Waals surface area contributed by atoms with E-state index in [1.165, 1.54) is 19.1 Å². The van der Waals surface area contributed by atoms with Gasteiger partial charge >= 0.3 is 5.97 Å². The van der Waals surface area contributed by atoms with Crippen molar-refractivity contribution >= 4 is 17.5 Å². The summed E-state index contributed by atoms with van der Waals surface area (Å²) in [6.07, 6.45) is 4.29. The second-order valence-corrected chi connectivity index (χ2v) is 9.19. The number of carboxylic acid groups (broad SMARTS) is 1. The molecule has 0 radical (unpaired) electrons. The number of ketones is 2. The Morgan fingerprint density at radius 3 is 2.54 bits per heavy atom. The van der Waals surface area contributed by atoms with Crippen molar-refractivity contribution in [1.29, 1.82) is 0 Å². The van der Waals surface area contributed by atoms with Crippen LogP contribution in [0.1, 0.15) is 52.9 Å². The molecule has 152 valence electrons. The Hall–Kier alpha value is -1.99. The molecule has 4 rings (SSSR count). The lowest BCUT2D eigenvalue weighted by Crippen LogP contribution is -2.63. The number of carboxylic acids is 1. The minimum atomic E-state index is -1.95. The van der Waals surface area contributed by atoms with E-state index in [4.69, 9.17) is 9.47 Å². The van der Waals surface area contributed by atoms with Gasteiger partial charge in [-0.2, -0.15) is 0 Å². The topological polar surface area (TPSA) is 110 Å². The van der Waals surface area contributed by atoms with Crippen molar-refractivity contribution in [2.45, 2.75) is 76.3 Å². The lowest BCUT2D eigenvalue weighted by atomic mass is 9.54. The molecule has 6 atom stereocenters. The number of hydrogen-bond donors (Lipinski definition) is 2. The Kier molecular flexibility index (Phi) is 4.14. The summed E-state index contributed by atoms with van der Waals surface area (Å²) in [7, 11) is 0. The highest BCUT2D eigenvalue weighted by Gasteiger charge is 2.61. The molecule has 2 heterocycles. The number of aliphatic carboxylic acids is 1. The minimum absolute atomic E-state index is 0.0449. The van der Waals surface area contributed by atoms with E-state index in [2.05, 4.69) is 6.92 Å². The third kappa shape index (κ3) is 2.59. The molecule has 1 saturated carbocycles. The number of fused-ring (bicyclic) bond motifs is 3. The standard InChI is InChI=1S/C21H26O7/c1-19-8-6-16(21(3,26)18(24)25)27-15(19)7-9-20(2)14(19)10-11-12(22)4-5-13(23)17(11)28-20/h4-5,14-16,26H,6-10H2,1-3H3,(H,24,25)/t14-,15-,16-,19-,20-,21?/m1/s1. The van der Waals surface area contributed by atoms with Crippen LogP contribution in [0.3, 0.4) is 0 Å². The molecular formula is C21H26O7. The molecule has 0 amide bonds. The van der Waals surface area contributed by atoms with Crippen molar-refractivity contribution in [2.24, 2.45) is 11.3 Å². The van der Waals surface area contributed by atoms with Gasteiger partial charge in [0.2, 0.25) is 5.78 Å². The van der Waals surface area contributed by atoms with Crippen molar-refractivity contribution in [3.8, 4) is 0 Å². The Morgan fingerprint density at radius 1 is 1.18 bits per heavy atom. The molecule has 2 fully saturated rings. The average Bonchev–Trinajstić information content (AvgIpc) is 2.63. The Labute approximate surface area is 163 Å². The van der Waals surface area contributed by atoms with E-state index in [0.717, 1.165) is 0 Å². The number of carbonyl (C=O) groups is 3. The molecule has 0 aromatic rings. The first kappa shape index (κ1) is 19.3. The maximum absolute atomic E-state index is 12.4. The summed E-state index contributed by atoms with van der Waals surface area (Å²) in [6, 6.07) is 0. The molecule has 7 heteroatoms. The van der Waals surface area contributed by atoms with E-state index >= 15 is 0 Å². The van der Waals surface area contributed by atoms with Crippen molar-refractivity contribution < 1.29 is 34.1 Å². The third-order valence-electron chi connectivity index (χ3n) is 7.43. The van der Waals surface area contributed by atoms with Gasteiger partial charge in [0.15, 0.2) is 17.1 Å². The Bertz CT molecular complexity index is 823. The maximum Gasteiger partial charge on any atom is 0.338 e. The first-order valence-electron chi connectivity index (χ1n) is 9.79. The van der Waals surface area contributed by atoms with Gasteiger partial charge in [0.25, 0.3) is 0 Å². The van der Waals surface area contributed by atoms with Crippen LogP contribution in [-0.4, -0.2) is 51.2 Å². The number of ether oxygens (including phenoxy) is 2. The molecule has 2 N–H and O–H groups in total. The largest absolute Gasteiger partial charge is 0.483 e. The zero-order valence-corrected chi connectivity index (χ0v) is 16.4. The molecule has 7 nitrogen and oxygen atoms in total. The zero-order chi connectivity index (χ0) is 20.5. The van der Waals surface area contributed by atoms with Gasteiger partial charge < -0.3 is 19.7 Å². The van der Waals surface area contributed by atoms with Crippen LogP contribution in [0.4, 0.5) is 0 Å². The highest BCUT2D eigenvalue weighted by Crippen LogP contribution is 2.59. The molecule has 1 saturated heterocycles. The van der Waals surface area contributed by atoms with Crippen LogP contribution in [0.2, 0.25) is 0 Å². The van der Waals surface area contributed by atoms with Crippen LogP contribution >= 0.6 is 0 Å². The monoisotopic (exact) mass is 390 g/mol. The maximum atomic E-state index is 12.4. The second kappa shape index (κ2) is 6.00. The summed E-state index contributed by atoms with van der Waals surface area (Å²) in [5.74, 6) is -1.62. The van der Waals surface area contributed by atoms with Crippen LogP contribution in [-0.2, 0) is 23.9 Å². The first-order valence-corrected chi connectivity index (χ1v) is 9.79. The Balaban J connectivity index is 1.65. The van der Waals surface area contributed by atoms with Crippen molar-refractivity contribution in [2.75, 3.05) is 0 Å². The molecule has 0 bridgehead atoms. The van der Waals surface area contributed by atoms with E-state index in [9.17, 15) is 24.6 Å². The molecule has 0 spiro atoms. The summed E-state index contributed by atoms with van der Waals surface area (Å²) in [5, 5.41) is 19.7. The van der Waals surface area contributed by atoms with Crippen LogP contribution in [0.25, 0.3) is 0 Å². The molecule has 2 aliphatic heterocycles. The highest BCUT2D eigenvalue weighted by atomic mass is 16.5. The molecular weight excluding hydrogens is 364 g/mol. The molecule has 1 unspecified atom stereocenters. The highest BCUT2D eigenvalue weighted by molar-refractivity contribution is 6.19. The van der Waals surface area contributed by atoms with Crippen LogP contribution < -0.4 is 0 Å². The molecule has 4 aliphatic rings. The number of carbonyl (C=O) groups excluding carboxylic acids is 2. The van der Waals surface area contributed by atoms with Gasteiger partial charge in [0.1, 0.15) is 5.60 Å². The van der Waals surface area contributed by atoms with Gasteiger partial charge in [-0.25, -0.2) is 4.79 Å². The zero-order valence-electron chi connectivity index (χ0n) is 16.4. The fourth-order valence-electron chi connectivity index (χ4n) is 5.56. The van der Waals surface area contributed by atoms with Gasteiger partial charge in [-0.15, -0.1) is 0 Å². The smallest absolute Gasteiger partial charge is 0.338 e. The lowest BCUT2D eigenvalue weighted by Gasteiger charge is -2.60. The van der Waals surface area contributed by atoms with Gasteiger partial charge in [-0.3, -0.25) is 9.59 Å². The summed E-state index contributed by atoms with van der Waals surface area (Å²) >= 11 is 0. The van der Waals surface area contributed by atoms with Crippen LogP contribution in [0.15, 0.2) is 23.5 Å². The van der Waals surface area contributed by atoms with Gasteiger partial charge in [0.05, 0.1) is 12.2 Å². The molecule has 2 aliphatic carbocycles.